The van der Waals surface area contributed by atoms with E-state index in [4.69, 9.17) is 16.3 Å². The van der Waals surface area contributed by atoms with E-state index in [1.165, 1.54) is 11.3 Å². The lowest BCUT2D eigenvalue weighted by Crippen LogP contribution is -2.25. The predicted molar refractivity (Wildman–Crippen MR) is 54.5 cm³/mol. The average molecular weight is 222 g/mol. The highest BCUT2D eigenvalue weighted by Crippen LogP contribution is 2.11. The molecule has 0 saturated heterocycles. The molecule has 0 aliphatic carbocycles. The van der Waals surface area contributed by atoms with Crippen molar-refractivity contribution in [2.45, 2.75) is 12.5 Å². The number of halogens is 1. The summed E-state index contributed by atoms with van der Waals surface area (Å²) in [7, 11) is 1.67. The highest BCUT2D eigenvalue weighted by Gasteiger charge is 2.08. The van der Waals surface area contributed by atoms with Gasteiger partial charge in [0.25, 0.3) is 0 Å². The van der Waals surface area contributed by atoms with Gasteiger partial charge in [0, 0.05) is 13.0 Å². The largest absolute Gasteiger partial charge is 0.383 e. The fourth-order valence-electron chi connectivity index (χ4n) is 0.941. The molecule has 0 amide bonds. The second-order valence-electron chi connectivity index (χ2n) is 2.52. The molecule has 0 aliphatic heterocycles. The zero-order chi connectivity index (χ0) is 9.52. The standard InChI is InChI=1S/C7H12ClN3OS/c1-12-4-6(2-3-8)10-7-11-9-5-13-7/h5-6H,2-4H2,1H3,(H,10,11). The van der Waals surface area contributed by atoms with Crippen molar-refractivity contribution in [3.05, 3.63) is 5.51 Å². The first-order valence-corrected chi connectivity index (χ1v) is 5.36. The third-order valence-electron chi connectivity index (χ3n) is 1.51. The number of nitrogens with one attached hydrogen (secondary N) is 1. The molecule has 0 fully saturated rings. The molecule has 1 aromatic rings. The first kappa shape index (κ1) is 10.7. The van der Waals surface area contributed by atoms with Crippen LogP contribution in [0.25, 0.3) is 0 Å². The molecule has 74 valence electrons. The van der Waals surface area contributed by atoms with Gasteiger partial charge in [-0.2, -0.15) is 0 Å². The summed E-state index contributed by atoms with van der Waals surface area (Å²) in [6.07, 6.45) is 0.856. The lowest BCUT2D eigenvalue weighted by Gasteiger charge is -2.14. The summed E-state index contributed by atoms with van der Waals surface area (Å²) >= 11 is 7.11. The first-order valence-electron chi connectivity index (χ1n) is 3.94. The van der Waals surface area contributed by atoms with E-state index in [9.17, 15) is 0 Å². The number of hydrogen-bond donors (Lipinski definition) is 1. The Morgan fingerprint density at radius 1 is 1.77 bits per heavy atom. The molecule has 1 heterocycles. The van der Waals surface area contributed by atoms with Gasteiger partial charge in [0.1, 0.15) is 5.51 Å². The van der Waals surface area contributed by atoms with Crippen LogP contribution in [-0.4, -0.2) is 35.8 Å². The average Bonchev–Trinajstić information content (AvgIpc) is 2.58. The third-order valence-corrected chi connectivity index (χ3v) is 2.35. The maximum absolute atomic E-state index is 5.64. The summed E-state index contributed by atoms with van der Waals surface area (Å²) in [6, 6.07) is 0.218. The van der Waals surface area contributed by atoms with Crippen LogP contribution in [-0.2, 0) is 4.74 Å². The van der Waals surface area contributed by atoms with Crippen LogP contribution in [0.4, 0.5) is 5.13 Å². The molecule has 1 atom stereocenters. The zero-order valence-electron chi connectivity index (χ0n) is 7.36. The van der Waals surface area contributed by atoms with Gasteiger partial charge in [-0.3, -0.25) is 0 Å². The van der Waals surface area contributed by atoms with Gasteiger partial charge >= 0.3 is 0 Å². The molecule has 6 heteroatoms. The van der Waals surface area contributed by atoms with Gasteiger partial charge in [0.2, 0.25) is 5.13 Å². The topological polar surface area (TPSA) is 47.0 Å². The Balaban J connectivity index is 2.37. The lowest BCUT2D eigenvalue weighted by atomic mass is 10.2. The van der Waals surface area contributed by atoms with Crippen LogP contribution in [0.2, 0.25) is 0 Å². The van der Waals surface area contributed by atoms with Crippen molar-refractivity contribution >= 4 is 28.1 Å². The van der Waals surface area contributed by atoms with Crippen LogP contribution in [0.5, 0.6) is 0 Å². The van der Waals surface area contributed by atoms with E-state index in [1.807, 2.05) is 0 Å². The summed E-state index contributed by atoms with van der Waals surface area (Å²) in [5, 5.41) is 11.6. The molecule has 1 aromatic heterocycles. The molecule has 0 bridgehead atoms. The van der Waals surface area contributed by atoms with Crippen LogP contribution in [0.15, 0.2) is 5.51 Å². The van der Waals surface area contributed by atoms with Crippen molar-refractivity contribution < 1.29 is 4.74 Å². The number of alkyl halides is 1. The molecule has 1 unspecified atom stereocenters. The normalized spacial score (nSPS) is 12.8. The van der Waals surface area contributed by atoms with E-state index in [2.05, 4.69) is 15.5 Å². The number of aromatic nitrogens is 2. The van der Waals surface area contributed by atoms with Gasteiger partial charge in [-0.05, 0) is 6.42 Å². The fourth-order valence-corrected chi connectivity index (χ4v) is 1.73. The summed E-state index contributed by atoms with van der Waals surface area (Å²) < 4.78 is 5.04. The Morgan fingerprint density at radius 2 is 2.62 bits per heavy atom. The molecule has 0 aromatic carbocycles. The van der Waals surface area contributed by atoms with Crippen molar-refractivity contribution in [2.75, 3.05) is 24.9 Å². The second-order valence-corrected chi connectivity index (χ2v) is 3.73. The lowest BCUT2D eigenvalue weighted by molar-refractivity contribution is 0.184. The van der Waals surface area contributed by atoms with Gasteiger partial charge in [-0.25, -0.2) is 0 Å². The smallest absolute Gasteiger partial charge is 0.205 e. The van der Waals surface area contributed by atoms with Gasteiger partial charge < -0.3 is 10.1 Å². The van der Waals surface area contributed by atoms with Crippen molar-refractivity contribution in [1.29, 1.82) is 0 Å². The SMILES string of the molecule is COCC(CCCl)Nc1nncs1. The highest BCUT2D eigenvalue weighted by atomic mass is 35.5. The van der Waals surface area contributed by atoms with E-state index in [0.29, 0.717) is 12.5 Å². The monoisotopic (exact) mass is 221 g/mol. The van der Waals surface area contributed by atoms with E-state index < -0.39 is 0 Å². The molecular formula is C7H12ClN3OS. The Bertz CT molecular complexity index is 214. The quantitative estimate of drug-likeness (QED) is 0.742. The number of rotatable bonds is 6. The number of nitrogens with zero attached hydrogens (tertiary/aromatic N) is 2. The number of hydrogen-bond acceptors (Lipinski definition) is 5. The molecule has 13 heavy (non-hydrogen) atoms. The summed E-state index contributed by atoms with van der Waals surface area (Å²) in [5.41, 5.74) is 1.69. The molecule has 4 nitrogen and oxygen atoms in total. The fraction of sp³-hybridized carbons (Fsp3) is 0.714. The first-order chi connectivity index (χ1) is 6.36. The van der Waals surface area contributed by atoms with E-state index >= 15 is 0 Å². The predicted octanol–water partition coefficient (Wildman–Crippen LogP) is 1.59. The summed E-state index contributed by atoms with van der Waals surface area (Å²) in [5.74, 6) is 0.611. The van der Waals surface area contributed by atoms with Crippen LogP contribution < -0.4 is 5.32 Å². The van der Waals surface area contributed by atoms with Gasteiger partial charge in [-0.1, -0.05) is 11.3 Å². The summed E-state index contributed by atoms with van der Waals surface area (Å²) in [6.45, 7) is 0.631. The van der Waals surface area contributed by atoms with Crippen molar-refractivity contribution in [3.63, 3.8) is 0 Å². The van der Waals surface area contributed by atoms with Crippen molar-refractivity contribution in [3.8, 4) is 0 Å². The van der Waals surface area contributed by atoms with Crippen LogP contribution in [0.3, 0.4) is 0 Å². The van der Waals surface area contributed by atoms with Crippen molar-refractivity contribution in [1.82, 2.24) is 10.2 Å². The number of anilines is 1. The Morgan fingerprint density at radius 3 is 3.15 bits per heavy atom. The molecule has 0 spiro atoms. The van der Waals surface area contributed by atoms with Crippen molar-refractivity contribution in [2.24, 2.45) is 0 Å². The second kappa shape index (κ2) is 6.12. The molecule has 0 radical (unpaired) electrons. The van der Waals surface area contributed by atoms with Gasteiger partial charge in [-0.15, -0.1) is 21.8 Å². The van der Waals surface area contributed by atoms with Crippen LogP contribution in [0.1, 0.15) is 6.42 Å². The van der Waals surface area contributed by atoms with E-state index in [0.717, 1.165) is 11.6 Å². The third kappa shape index (κ3) is 3.89. The molecule has 0 aliphatic rings. The zero-order valence-corrected chi connectivity index (χ0v) is 8.94. The molecular weight excluding hydrogens is 210 g/mol. The minimum absolute atomic E-state index is 0.218. The number of ether oxygens (including phenoxy) is 1. The summed E-state index contributed by atoms with van der Waals surface area (Å²) in [4.78, 5) is 0. The molecule has 1 N–H and O–H groups in total. The van der Waals surface area contributed by atoms with Crippen LogP contribution >= 0.6 is 22.9 Å². The maximum atomic E-state index is 5.64. The number of methoxy groups -OCH3 is 1. The van der Waals surface area contributed by atoms with Gasteiger partial charge in [0.05, 0.1) is 12.6 Å². The van der Waals surface area contributed by atoms with E-state index in [1.54, 1.807) is 12.6 Å². The minimum Gasteiger partial charge on any atom is -0.383 e. The van der Waals surface area contributed by atoms with Crippen LogP contribution in [0, 0.1) is 0 Å². The Labute approximate surface area is 86.3 Å². The maximum Gasteiger partial charge on any atom is 0.205 e. The molecule has 1 rings (SSSR count). The minimum atomic E-state index is 0.218. The Hall–Kier alpha value is -0.390. The van der Waals surface area contributed by atoms with E-state index in [-0.39, 0.29) is 6.04 Å². The van der Waals surface area contributed by atoms with Gasteiger partial charge in [0.15, 0.2) is 0 Å². The Kier molecular flexibility index (Phi) is 5.03. The highest BCUT2D eigenvalue weighted by molar-refractivity contribution is 7.13. The molecule has 0 saturated carbocycles.